The van der Waals surface area contributed by atoms with Gasteiger partial charge in [-0.3, -0.25) is 9.69 Å². The fourth-order valence-electron chi connectivity index (χ4n) is 6.55. The number of likely N-dealkylation sites (tertiary alicyclic amines) is 1. The van der Waals surface area contributed by atoms with Crippen LogP contribution in [0.2, 0.25) is 0 Å². The van der Waals surface area contributed by atoms with E-state index in [0.717, 1.165) is 28.8 Å². The Balaban J connectivity index is 1.20. The number of thioether (sulfide) groups is 1. The van der Waals surface area contributed by atoms with E-state index in [4.69, 9.17) is 4.74 Å². The largest absolute Gasteiger partial charge is 0.480 e. The Hall–Kier alpha value is -3.82. The zero-order valence-corrected chi connectivity index (χ0v) is 24.4. The molecule has 0 saturated carbocycles. The van der Waals surface area contributed by atoms with Crippen LogP contribution in [-0.4, -0.2) is 75.3 Å². The van der Waals surface area contributed by atoms with E-state index >= 15 is 0 Å². The number of carbonyl (C=O) groups excluding carboxylic acids is 2. The van der Waals surface area contributed by atoms with Crippen LogP contribution in [0.3, 0.4) is 0 Å². The van der Waals surface area contributed by atoms with Crippen molar-refractivity contribution < 1.29 is 24.2 Å². The monoisotopic (exact) mass is 585 g/mol. The summed E-state index contributed by atoms with van der Waals surface area (Å²) in [6.07, 6.45) is 0.0692. The van der Waals surface area contributed by atoms with E-state index < -0.39 is 23.6 Å². The molecule has 0 radical (unpaired) electrons. The number of alkyl carbamates (subject to hydrolysis) is 1. The average molecular weight is 586 g/mol. The molecule has 2 unspecified atom stereocenters. The quantitative estimate of drug-likeness (QED) is 0.406. The van der Waals surface area contributed by atoms with Crippen LogP contribution >= 0.6 is 11.8 Å². The zero-order chi connectivity index (χ0) is 29.3. The van der Waals surface area contributed by atoms with E-state index in [1.807, 2.05) is 49.4 Å². The Bertz CT molecular complexity index is 1430. The van der Waals surface area contributed by atoms with Crippen LogP contribution < -0.4 is 5.32 Å². The van der Waals surface area contributed by atoms with Gasteiger partial charge >= 0.3 is 12.1 Å². The minimum absolute atomic E-state index is 0.103. The molecular formula is C33H35N3O5S. The molecule has 2 amide bonds. The molecule has 42 heavy (non-hydrogen) atoms. The maximum Gasteiger partial charge on any atom is 0.408 e. The summed E-state index contributed by atoms with van der Waals surface area (Å²) in [5, 5.41) is 12.5. The molecule has 0 spiro atoms. The molecular weight excluding hydrogens is 550 g/mol. The Morgan fingerprint density at radius 3 is 2.14 bits per heavy atom. The molecule has 2 N–H and O–H groups in total. The predicted molar refractivity (Wildman–Crippen MR) is 162 cm³/mol. The molecule has 2 heterocycles. The zero-order valence-electron chi connectivity index (χ0n) is 23.6. The van der Waals surface area contributed by atoms with Gasteiger partial charge in [0.2, 0.25) is 5.91 Å². The Morgan fingerprint density at radius 2 is 1.52 bits per heavy atom. The van der Waals surface area contributed by atoms with Crippen molar-refractivity contribution in [1.29, 1.82) is 0 Å². The highest BCUT2D eigenvalue weighted by molar-refractivity contribution is 8.00. The lowest BCUT2D eigenvalue weighted by Gasteiger charge is -2.44. The van der Waals surface area contributed by atoms with Crippen LogP contribution in [0.5, 0.6) is 0 Å². The fourth-order valence-corrected chi connectivity index (χ4v) is 7.71. The smallest absolute Gasteiger partial charge is 0.408 e. The van der Waals surface area contributed by atoms with Crippen molar-refractivity contribution in [3.8, 4) is 11.1 Å². The molecule has 2 fully saturated rings. The molecule has 218 valence electrons. The number of hydrogen-bond donors (Lipinski definition) is 2. The first-order valence-electron chi connectivity index (χ1n) is 14.4. The molecule has 0 aromatic heterocycles. The van der Waals surface area contributed by atoms with Gasteiger partial charge in [0, 0.05) is 31.3 Å². The van der Waals surface area contributed by atoms with Crippen molar-refractivity contribution in [3.63, 3.8) is 0 Å². The minimum Gasteiger partial charge on any atom is -0.480 e. The van der Waals surface area contributed by atoms with Crippen molar-refractivity contribution in [2.75, 3.05) is 25.4 Å². The van der Waals surface area contributed by atoms with Gasteiger partial charge in [-0.15, -0.1) is 11.8 Å². The number of ether oxygens (including phenoxy) is 1. The van der Waals surface area contributed by atoms with Gasteiger partial charge in [0.1, 0.15) is 18.2 Å². The number of carbonyl (C=O) groups is 3. The van der Waals surface area contributed by atoms with Crippen LogP contribution in [0.15, 0.2) is 78.9 Å². The first kappa shape index (κ1) is 28.3. The lowest BCUT2D eigenvalue weighted by molar-refractivity contribution is -0.153. The highest BCUT2D eigenvalue weighted by atomic mass is 32.2. The van der Waals surface area contributed by atoms with Crippen LogP contribution in [0.4, 0.5) is 4.79 Å². The number of rotatable bonds is 7. The normalized spacial score (nSPS) is 21.4. The van der Waals surface area contributed by atoms with E-state index in [-0.39, 0.29) is 23.8 Å². The highest BCUT2D eigenvalue weighted by Crippen LogP contribution is 2.44. The van der Waals surface area contributed by atoms with Gasteiger partial charge < -0.3 is 20.1 Å². The number of nitrogens with one attached hydrogen (secondary N) is 1. The summed E-state index contributed by atoms with van der Waals surface area (Å²) in [5.74, 6) is -1.16. The van der Waals surface area contributed by atoms with Gasteiger partial charge in [-0.2, -0.15) is 0 Å². The minimum atomic E-state index is -1.25. The molecule has 2 aliphatic heterocycles. The van der Waals surface area contributed by atoms with Gasteiger partial charge in [0.15, 0.2) is 0 Å². The first-order chi connectivity index (χ1) is 20.4. The van der Waals surface area contributed by atoms with E-state index in [1.165, 1.54) is 22.2 Å². The number of hydrogen-bond acceptors (Lipinski definition) is 6. The summed E-state index contributed by atoms with van der Waals surface area (Å²) >= 11 is 1.44. The van der Waals surface area contributed by atoms with Crippen molar-refractivity contribution in [2.24, 2.45) is 0 Å². The summed E-state index contributed by atoms with van der Waals surface area (Å²) in [5.41, 5.74) is 4.43. The topological polar surface area (TPSA) is 99.2 Å². The molecule has 8 nitrogen and oxygen atoms in total. The van der Waals surface area contributed by atoms with Crippen molar-refractivity contribution in [3.05, 3.63) is 95.6 Å². The number of carboxylic acid groups (broad SMARTS) is 1. The summed E-state index contributed by atoms with van der Waals surface area (Å²) in [6.45, 7) is 3.88. The van der Waals surface area contributed by atoms with E-state index in [0.29, 0.717) is 31.7 Å². The third kappa shape index (κ3) is 5.39. The molecule has 2 saturated heterocycles. The lowest BCUT2D eigenvalue weighted by Crippen LogP contribution is -2.65. The molecule has 0 bridgehead atoms. The number of nitrogens with zero attached hydrogens (tertiary/aromatic N) is 2. The second kappa shape index (κ2) is 11.8. The van der Waals surface area contributed by atoms with Crippen LogP contribution in [0.25, 0.3) is 11.1 Å². The number of aliphatic carboxylic acids is 1. The van der Waals surface area contributed by atoms with Crippen LogP contribution in [0.1, 0.15) is 42.4 Å². The second-order valence-corrected chi connectivity index (χ2v) is 12.6. The van der Waals surface area contributed by atoms with Crippen LogP contribution in [-0.2, 0) is 20.9 Å². The Morgan fingerprint density at radius 1 is 0.929 bits per heavy atom. The SMILES string of the molecule is CC1SCC(C(=O)O)N1C(=O)C1(NC(=O)OCC2c3ccccc3-c3ccccc32)CCN(Cc2ccccc2)CC1. The third-order valence-corrected chi connectivity index (χ3v) is 10.0. The van der Waals surface area contributed by atoms with Crippen LogP contribution in [0, 0.1) is 0 Å². The first-order valence-corrected chi connectivity index (χ1v) is 15.5. The van der Waals surface area contributed by atoms with Gasteiger partial charge in [-0.05, 0) is 47.6 Å². The van der Waals surface area contributed by atoms with Crippen molar-refractivity contribution in [1.82, 2.24) is 15.1 Å². The Kier molecular flexibility index (Phi) is 7.96. The average Bonchev–Trinajstić information content (AvgIpc) is 3.55. The second-order valence-electron chi connectivity index (χ2n) is 11.3. The summed E-state index contributed by atoms with van der Waals surface area (Å²) < 4.78 is 5.85. The van der Waals surface area contributed by atoms with E-state index in [9.17, 15) is 19.5 Å². The van der Waals surface area contributed by atoms with E-state index in [1.54, 1.807) is 0 Å². The fraction of sp³-hybridized carbons (Fsp3) is 0.364. The van der Waals surface area contributed by atoms with Crippen molar-refractivity contribution >= 4 is 29.7 Å². The van der Waals surface area contributed by atoms with Gasteiger partial charge in [-0.25, -0.2) is 9.59 Å². The summed E-state index contributed by atoms with van der Waals surface area (Å²) in [7, 11) is 0. The highest BCUT2D eigenvalue weighted by Gasteiger charge is 2.51. The van der Waals surface area contributed by atoms with Gasteiger partial charge in [0.25, 0.3) is 0 Å². The van der Waals surface area contributed by atoms with Gasteiger partial charge in [0.05, 0.1) is 5.37 Å². The summed E-state index contributed by atoms with van der Waals surface area (Å²) in [4.78, 5) is 43.4. The molecule has 2 atom stereocenters. The Labute approximate surface area is 250 Å². The number of fused-ring (bicyclic) bond motifs is 3. The van der Waals surface area contributed by atoms with Crippen molar-refractivity contribution in [2.45, 2.75) is 49.2 Å². The maximum absolute atomic E-state index is 14.2. The van der Waals surface area contributed by atoms with Gasteiger partial charge in [-0.1, -0.05) is 78.9 Å². The maximum atomic E-state index is 14.2. The molecule has 9 heteroatoms. The summed E-state index contributed by atoms with van der Waals surface area (Å²) in [6, 6.07) is 25.5. The predicted octanol–water partition coefficient (Wildman–Crippen LogP) is 4.93. The van der Waals surface area contributed by atoms with E-state index in [2.05, 4.69) is 46.6 Å². The third-order valence-electron chi connectivity index (χ3n) is 8.80. The number of piperidine rings is 1. The molecule has 1 aliphatic carbocycles. The molecule has 3 aromatic carbocycles. The number of amides is 2. The lowest BCUT2D eigenvalue weighted by atomic mass is 9.85. The molecule has 3 aliphatic rings. The molecule has 6 rings (SSSR count). The standard InChI is InChI=1S/C33H35N3O5S/c1-22-36(29(21-42-22)30(37)38)31(39)33(15-17-35(18-16-33)19-23-9-3-2-4-10-23)34-32(40)41-20-28-26-13-7-5-11-24(26)25-12-6-8-14-27(25)28/h2-14,22,28-29H,15-21H2,1H3,(H,34,40)(H,37,38). The molecule has 3 aromatic rings. The number of benzene rings is 3. The number of carboxylic acids is 1.